The van der Waals surface area contributed by atoms with Crippen molar-refractivity contribution in [2.75, 3.05) is 4.90 Å². The van der Waals surface area contributed by atoms with E-state index in [0.717, 1.165) is 6.07 Å². The molecule has 20 heavy (non-hydrogen) atoms. The van der Waals surface area contributed by atoms with Crippen LogP contribution in [0.4, 0.5) is 14.5 Å². The van der Waals surface area contributed by atoms with Gasteiger partial charge in [-0.2, -0.15) is 0 Å². The van der Waals surface area contributed by atoms with Gasteiger partial charge in [0.1, 0.15) is 11.6 Å². The summed E-state index contributed by atoms with van der Waals surface area (Å²) in [5, 5.41) is 0. The monoisotopic (exact) mass is 273 g/mol. The minimum atomic E-state index is -0.721. The molecule has 3 nitrogen and oxygen atoms in total. The van der Waals surface area contributed by atoms with Crippen molar-refractivity contribution in [3.63, 3.8) is 0 Å². The van der Waals surface area contributed by atoms with Crippen molar-refractivity contribution in [2.24, 2.45) is 0 Å². The number of carbonyl (C=O) groups is 2. The van der Waals surface area contributed by atoms with Gasteiger partial charge in [0.2, 0.25) is 0 Å². The Labute approximate surface area is 113 Å². The van der Waals surface area contributed by atoms with Gasteiger partial charge in [-0.15, -0.1) is 0 Å². The van der Waals surface area contributed by atoms with E-state index in [1.807, 2.05) is 0 Å². The van der Waals surface area contributed by atoms with Gasteiger partial charge in [-0.05, 0) is 35.9 Å². The molecule has 0 saturated heterocycles. The Hall–Kier alpha value is -2.56. The van der Waals surface area contributed by atoms with Crippen molar-refractivity contribution in [3.8, 4) is 0 Å². The molecule has 0 N–H and O–H groups in total. The van der Waals surface area contributed by atoms with Crippen molar-refractivity contribution in [3.05, 3.63) is 65.2 Å². The number of benzene rings is 2. The first-order valence-corrected chi connectivity index (χ1v) is 5.96. The van der Waals surface area contributed by atoms with Gasteiger partial charge in [-0.25, -0.2) is 8.78 Å². The molecular weight excluding hydrogens is 264 g/mol. The molecule has 0 aliphatic carbocycles. The Morgan fingerprint density at radius 1 is 0.900 bits per heavy atom. The van der Waals surface area contributed by atoms with Gasteiger partial charge in [0.15, 0.2) is 0 Å². The average Bonchev–Trinajstić information content (AvgIpc) is 2.66. The minimum absolute atomic E-state index is 0.0668. The fourth-order valence-electron chi connectivity index (χ4n) is 2.20. The summed E-state index contributed by atoms with van der Waals surface area (Å²) >= 11 is 0. The minimum Gasteiger partial charge on any atom is -0.300 e. The summed E-state index contributed by atoms with van der Waals surface area (Å²) in [6, 6.07) is 9.29. The summed E-state index contributed by atoms with van der Waals surface area (Å²) in [5.41, 5.74) is 1.13. The number of Topliss-reactive ketones (excluding diaryl/α,β-unsaturated/α-hetero) is 1. The van der Waals surface area contributed by atoms with Crippen LogP contribution >= 0.6 is 0 Å². The molecule has 2 aromatic carbocycles. The van der Waals surface area contributed by atoms with Crippen LogP contribution < -0.4 is 4.90 Å². The second-order valence-electron chi connectivity index (χ2n) is 4.51. The van der Waals surface area contributed by atoms with Gasteiger partial charge in [-0.3, -0.25) is 9.59 Å². The van der Waals surface area contributed by atoms with E-state index >= 15 is 0 Å². The second-order valence-corrected chi connectivity index (χ2v) is 4.51. The highest BCUT2D eigenvalue weighted by molar-refractivity contribution is 6.52. The molecule has 0 spiro atoms. The lowest BCUT2D eigenvalue weighted by molar-refractivity contribution is -0.114. The van der Waals surface area contributed by atoms with Gasteiger partial charge >= 0.3 is 0 Å². The topological polar surface area (TPSA) is 37.4 Å². The van der Waals surface area contributed by atoms with Crippen molar-refractivity contribution in [2.45, 2.75) is 6.54 Å². The van der Waals surface area contributed by atoms with Crippen molar-refractivity contribution in [1.29, 1.82) is 0 Å². The van der Waals surface area contributed by atoms with Crippen LogP contribution in [-0.2, 0) is 11.3 Å². The van der Waals surface area contributed by atoms with E-state index in [4.69, 9.17) is 0 Å². The van der Waals surface area contributed by atoms with E-state index in [2.05, 4.69) is 0 Å². The molecule has 0 unspecified atom stereocenters. The highest BCUT2D eigenvalue weighted by Gasteiger charge is 2.35. The number of hydrogen-bond acceptors (Lipinski definition) is 2. The first-order valence-electron chi connectivity index (χ1n) is 5.96. The highest BCUT2D eigenvalue weighted by Crippen LogP contribution is 2.30. The zero-order valence-electron chi connectivity index (χ0n) is 10.3. The summed E-state index contributed by atoms with van der Waals surface area (Å²) in [6.45, 7) is 0.142. The lowest BCUT2D eigenvalue weighted by Crippen LogP contribution is -2.29. The molecule has 3 rings (SSSR count). The summed E-state index contributed by atoms with van der Waals surface area (Å²) in [4.78, 5) is 25.0. The molecular formula is C15H9F2NO2. The summed E-state index contributed by atoms with van der Waals surface area (Å²) in [6.07, 6.45) is 0. The first-order chi connectivity index (χ1) is 9.56. The summed E-state index contributed by atoms with van der Waals surface area (Å²) in [5.74, 6) is -2.36. The zero-order valence-corrected chi connectivity index (χ0v) is 10.3. The smallest absolute Gasteiger partial charge is 0.299 e. The molecule has 100 valence electrons. The maximum atomic E-state index is 13.1. The molecule has 5 heteroatoms. The van der Waals surface area contributed by atoms with Gasteiger partial charge in [-0.1, -0.05) is 12.1 Å². The standard InChI is InChI=1S/C15H9F2NO2/c16-10-3-1-9(2-4-10)8-18-13-6-5-11(17)7-12(13)14(19)15(18)20/h1-7H,8H2. The number of hydrogen-bond donors (Lipinski definition) is 0. The van der Waals surface area contributed by atoms with E-state index in [1.165, 1.54) is 41.3 Å². The molecule has 0 atom stereocenters. The van der Waals surface area contributed by atoms with Gasteiger partial charge < -0.3 is 4.90 Å². The Morgan fingerprint density at radius 2 is 1.55 bits per heavy atom. The van der Waals surface area contributed by atoms with Crippen molar-refractivity contribution in [1.82, 2.24) is 0 Å². The highest BCUT2D eigenvalue weighted by atomic mass is 19.1. The van der Waals surface area contributed by atoms with E-state index in [1.54, 1.807) is 0 Å². The van der Waals surface area contributed by atoms with E-state index in [-0.39, 0.29) is 17.9 Å². The summed E-state index contributed by atoms with van der Waals surface area (Å²) in [7, 11) is 0. The number of halogens is 2. The zero-order chi connectivity index (χ0) is 14.3. The Morgan fingerprint density at radius 3 is 2.25 bits per heavy atom. The Bertz CT molecular complexity index is 710. The Balaban J connectivity index is 1.97. The summed E-state index contributed by atoms with van der Waals surface area (Å²) < 4.78 is 26.0. The number of rotatable bonds is 2. The van der Waals surface area contributed by atoms with Crippen LogP contribution in [0.15, 0.2) is 42.5 Å². The molecule has 0 saturated carbocycles. The normalized spacial score (nSPS) is 13.8. The van der Waals surface area contributed by atoms with Crippen LogP contribution in [0.5, 0.6) is 0 Å². The molecule has 1 heterocycles. The Kier molecular flexibility index (Phi) is 2.82. The van der Waals surface area contributed by atoms with Gasteiger partial charge in [0.05, 0.1) is 17.8 Å². The average molecular weight is 273 g/mol. The van der Waals surface area contributed by atoms with Crippen LogP contribution in [0.25, 0.3) is 0 Å². The number of ketones is 1. The SMILES string of the molecule is O=C1C(=O)N(Cc2ccc(F)cc2)c2ccc(F)cc21. The number of nitrogens with zero attached hydrogens (tertiary/aromatic N) is 1. The third-order valence-corrected chi connectivity index (χ3v) is 3.19. The lowest BCUT2D eigenvalue weighted by Gasteiger charge is -2.16. The molecule has 2 aromatic rings. The largest absolute Gasteiger partial charge is 0.300 e. The predicted octanol–water partition coefficient (Wildman–Crippen LogP) is 2.69. The predicted molar refractivity (Wildman–Crippen MR) is 68.3 cm³/mol. The number of fused-ring (bicyclic) bond motifs is 1. The number of anilines is 1. The van der Waals surface area contributed by atoms with Crippen LogP contribution in [0, 0.1) is 11.6 Å². The third kappa shape index (κ3) is 1.97. The van der Waals surface area contributed by atoms with Crippen molar-refractivity contribution < 1.29 is 18.4 Å². The molecule has 0 radical (unpaired) electrons. The van der Waals surface area contributed by atoms with Gasteiger partial charge in [0.25, 0.3) is 11.7 Å². The van der Waals surface area contributed by atoms with E-state index in [0.29, 0.717) is 11.3 Å². The van der Waals surface area contributed by atoms with Crippen molar-refractivity contribution >= 4 is 17.4 Å². The number of carbonyl (C=O) groups excluding carboxylic acids is 2. The molecule has 1 aliphatic rings. The van der Waals surface area contributed by atoms with Crippen LogP contribution in [0.3, 0.4) is 0 Å². The molecule has 0 aromatic heterocycles. The van der Waals surface area contributed by atoms with Crippen LogP contribution in [0.1, 0.15) is 15.9 Å². The van der Waals surface area contributed by atoms with E-state index < -0.39 is 17.5 Å². The van der Waals surface area contributed by atoms with Crippen LogP contribution in [-0.4, -0.2) is 11.7 Å². The fourth-order valence-corrected chi connectivity index (χ4v) is 2.20. The molecule has 1 aliphatic heterocycles. The third-order valence-electron chi connectivity index (χ3n) is 3.19. The lowest BCUT2D eigenvalue weighted by atomic mass is 10.1. The fraction of sp³-hybridized carbons (Fsp3) is 0.0667. The molecule has 1 amide bonds. The molecule has 0 bridgehead atoms. The van der Waals surface area contributed by atoms with Crippen LogP contribution in [0.2, 0.25) is 0 Å². The number of amides is 1. The molecule has 0 fully saturated rings. The quantitative estimate of drug-likeness (QED) is 0.789. The maximum Gasteiger partial charge on any atom is 0.299 e. The maximum absolute atomic E-state index is 13.1. The van der Waals surface area contributed by atoms with E-state index in [9.17, 15) is 18.4 Å². The second kappa shape index (κ2) is 4.52. The van der Waals surface area contributed by atoms with Gasteiger partial charge in [0, 0.05) is 0 Å². The first kappa shape index (κ1) is 12.5.